The number of hydrogen-bond acceptors (Lipinski definition) is 4. The number of thioether (sulfide) groups is 1. The number of rotatable bonds is 3. The van der Waals surface area contributed by atoms with Crippen LogP contribution in [0.4, 0.5) is 4.79 Å². The van der Waals surface area contributed by atoms with Crippen LogP contribution in [0.15, 0.2) is 29.2 Å². The first-order valence-electron chi connectivity index (χ1n) is 5.97. The molecule has 1 aliphatic heterocycles. The molecule has 19 heavy (non-hydrogen) atoms. The molecular weight excluding hydrogens is 262 g/mol. The fourth-order valence-corrected chi connectivity index (χ4v) is 2.84. The van der Waals surface area contributed by atoms with Gasteiger partial charge in [-0.3, -0.25) is 14.5 Å². The van der Waals surface area contributed by atoms with E-state index in [2.05, 4.69) is 0 Å². The van der Waals surface area contributed by atoms with Gasteiger partial charge in [-0.1, -0.05) is 12.1 Å². The molecule has 0 aliphatic carbocycles. The second-order valence-corrected chi connectivity index (χ2v) is 5.06. The number of nitrogens with zero attached hydrogens (tertiary/aromatic N) is 1. The fraction of sp³-hybridized carbons (Fsp3) is 0.286. The summed E-state index contributed by atoms with van der Waals surface area (Å²) in [5.74, 6) is 0.559. The highest BCUT2D eigenvalue weighted by Gasteiger charge is 2.35. The Kier molecular flexibility index (Phi) is 3.95. The molecule has 1 heterocycles. The van der Waals surface area contributed by atoms with Gasteiger partial charge in [-0.15, -0.1) is 0 Å². The molecule has 0 bridgehead atoms. The Balaban J connectivity index is 2.36. The summed E-state index contributed by atoms with van der Waals surface area (Å²) in [4.78, 5) is 25.5. The minimum Gasteiger partial charge on any atom is -0.497 e. The van der Waals surface area contributed by atoms with E-state index in [1.165, 1.54) is 4.90 Å². The predicted octanol–water partition coefficient (Wildman–Crippen LogP) is 3.14. The number of carbonyl (C=O) groups excluding carboxylic acids is 2. The lowest BCUT2D eigenvalue weighted by Crippen LogP contribution is -2.27. The molecule has 5 heteroatoms. The average Bonchev–Trinajstić information content (AvgIpc) is 2.72. The number of benzene rings is 1. The summed E-state index contributed by atoms with van der Waals surface area (Å²) in [5, 5.41) is -0.199. The summed E-state index contributed by atoms with van der Waals surface area (Å²) >= 11 is 1.01. The van der Waals surface area contributed by atoms with Gasteiger partial charge in [0.05, 0.1) is 12.0 Å². The third kappa shape index (κ3) is 2.51. The van der Waals surface area contributed by atoms with Crippen LogP contribution < -0.4 is 4.74 Å². The number of allylic oxidation sites excluding steroid dienone is 1. The van der Waals surface area contributed by atoms with E-state index in [9.17, 15) is 9.59 Å². The Morgan fingerprint density at radius 1 is 1.26 bits per heavy atom. The number of amides is 2. The molecule has 1 saturated heterocycles. The maximum absolute atomic E-state index is 12.1. The summed E-state index contributed by atoms with van der Waals surface area (Å²) in [6.45, 7) is 4.06. The molecule has 0 radical (unpaired) electrons. The van der Waals surface area contributed by atoms with Gasteiger partial charge >= 0.3 is 0 Å². The Morgan fingerprint density at radius 3 is 2.37 bits per heavy atom. The summed E-state index contributed by atoms with van der Waals surface area (Å²) in [5.41, 5.74) is 1.74. The second kappa shape index (κ2) is 5.48. The van der Waals surface area contributed by atoms with E-state index in [0.717, 1.165) is 28.6 Å². The average molecular weight is 277 g/mol. The van der Waals surface area contributed by atoms with E-state index < -0.39 is 0 Å². The number of hydrogen-bond donors (Lipinski definition) is 0. The van der Waals surface area contributed by atoms with Crippen molar-refractivity contribution in [3.8, 4) is 5.75 Å². The summed E-state index contributed by atoms with van der Waals surface area (Å²) < 4.78 is 5.10. The first-order valence-corrected chi connectivity index (χ1v) is 6.79. The molecule has 0 saturated carbocycles. The quantitative estimate of drug-likeness (QED) is 0.796. The van der Waals surface area contributed by atoms with Crippen molar-refractivity contribution in [2.45, 2.75) is 13.8 Å². The molecule has 2 rings (SSSR count). The zero-order valence-electron chi connectivity index (χ0n) is 11.1. The van der Waals surface area contributed by atoms with Crippen molar-refractivity contribution in [2.24, 2.45) is 0 Å². The molecule has 0 unspecified atom stereocenters. The van der Waals surface area contributed by atoms with Gasteiger partial charge in [0, 0.05) is 6.54 Å². The Labute approximate surface area is 116 Å². The molecule has 0 aromatic heterocycles. The first-order chi connectivity index (χ1) is 9.08. The monoisotopic (exact) mass is 277 g/mol. The number of methoxy groups -OCH3 is 1. The van der Waals surface area contributed by atoms with Gasteiger partial charge in [-0.05, 0) is 48.9 Å². The van der Waals surface area contributed by atoms with E-state index >= 15 is 0 Å². The summed E-state index contributed by atoms with van der Waals surface area (Å²) in [6, 6.07) is 7.44. The number of likely N-dealkylation sites (N-methyl/N-ethyl adjacent to an activating group) is 1. The highest BCUT2D eigenvalue weighted by molar-refractivity contribution is 8.18. The van der Waals surface area contributed by atoms with Crippen molar-refractivity contribution in [2.75, 3.05) is 13.7 Å². The van der Waals surface area contributed by atoms with Gasteiger partial charge in [0.25, 0.3) is 11.1 Å². The van der Waals surface area contributed by atoms with Crippen molar-refractivity contribution < 1.29 is 14.3 Å². The maximum Gasteiger partial charge on any atom is 0.293 e. The summed E-state index contributed by atoms with van der Waals surface area (Å²) in [6.07, 6.45) is 0. The SMILES string of the molecule is CCN1C(=O)S/C(=C(/C)c2ccc(OC)cc2)C1=O. The van der Waals surface area contributed by atoms with Crippen LogP contribution in [0.3, 0.4) is 0 Å². The van der Waals surface area contributed by atoms with E-state index in [1.807, 2.05) is 31.2 Å². The van der Waals surface area contributed by atoms with Gasteiger partial charge in [0.1, 0.15) is 5.75 Å². The predicted molar refractivity (Wildman–Crippen MR) is 76.0 cm³/mol. The third-order valence-electron chi connectivity index (χ3n) is 3.03. The molecule has 0 atom stereocenters. The molecule has 2 amide bonds. The zero-order chi connectivity index (χ0) is 14.0. The normalized spacial score (nSPS) is 17.9. The van der Waals surface area contributed by atoms with Crippen LogP contribution in [0.5, 0.6) is 5.75 Å². The van der Waals surface area contributed by atoms with Crippen LogP contribution in [-0.4, -0.2) is 29.7 Å². The lowest BCUT2D eigenvalue weighted by molar-refractivity contribution is -0.122. The first kappa shape index (κ1) is 13.7. The van der Waals surface area contributed by atoms with Crippen LogP contribution in [0.25, 0.3) is 5.57 Å². The molecule has 1 aromatic rings. The Hall–Kier alpha value is -1.75. The molecule has 0 N–H and O–H groups in total. The van der Waals surface area contributed by atoms with Crippen LogP contribution in [0.2, 0.25) is 0 Å². The second-order valence-electron chi connectivity index (χ2n) is 4.10. The zero-order valence-corrected chi connectivity index (χ0v) is 11.9. The van der Waals surface area contributed by atoms with Crippen LogP contribution in [0.1, 0.15) is 19.4 Å². The maximum atomic E-state index is 12.1. The van der Waals surface area contributed by atoms with Crippen LogP contribution >= 0.6 is 11.8 Å². The fourth-order valence-electron chi connectivity index (χ4n) is 1.87. The third-order valence-corrected chi connectivity index (χ3v) is 4.11. The van der Waals surface area contributed by atoms with Crippen molar-refractivity contribution >= 4 is 28.5 Å². The number of carbonyl (C=O) groups is 2. The van der Waals surface area contributed by atoms with E-state index in [-0.39, 0.29) is 11.1 Å². The van der Waals surface area contributed by atoms with Gasteiger partial charge in [-0.25, -0.2) is 0 Å². The topological polar surface area (TPSA) is 46.6 Å². The molecular formula is C14H15NO3S. The molecule has 1 aliphatic rings. The smallest absolute Gasteiger partial charge is 0.293 e. The largest absolute Gasteiger partial charge is 0.497 e. The van der Waals surface area contributed by atoms with Crippen LogP contribution in [-0.2, 0) is 4.79 Å². The Morgan fingerprint density at radius 2 is 1.89 bits per heavy atom. The standard InChI is InChI=1S/C14H15NO3S/c1-4-15-13(16)12(19-14(15)17)9(2)10-5-7-11(18-3)8-6-10/h5-8H,4H2,1-3H3/b12-9-. The molecule has 1 fully saturated rings. The van der Waals surface area contributed by atoms with Gasteiger partial charge in [-0.2, -0.15) is 0 Å². The van der Waals surface area contributed by atoms with Crippen molar-refractivity contribution in [3.05, 3.63) is 34.7 Å². The number of ether oxygens (including phenoxy) is 1. The van der Waals surface area contributed by atoms with Crippen molar-refractivity contribution in [1.29, 1.82) is 0 Å². The number of imide groups is 1. The minimum atomic E-state index is -0.203. The lowest BCUT2D eigenvalue weighted by atomic mass is 10.1. The summed E-state index contributed by atoms with van der Waals surface area (Å²) in [7, 11) is 1.61. The van der Waals surface area contributed by atoms with Gasteiger partial charge < -0.3 is 4.74 Å². The highest BCUT2D eigenvalue weighted by atomic mass is 32.2. The minimum absolute atomic E-state index is 0.199. The molecule has 1 aromatic carbocycles. The molecule has 100 valence electrons. The molecule has 4 nitrogen and oxygen atoms in total. The van der Waals surface area contributed by atoms with Crippen LogP contribution in [0, 0.1) is 0 Å². The van der Waals surface area contributed by atoms with E-state index in [1.54, 1.807) is 14.0 Å². The van der Waals surface area contributed by atoms with Gasteiger partial charge in [0.15, 0.2) is 0 Å². The Bertz CT molecular complexity index is 548. The van der Waals surface area contributed by atoms with Crippen molar-refractivity contribution in [3.63, 3.8) is 0 Å². The molecule has 0 spiro atoms. The lowest BCUT2D eigenvalue weighted by Gasteiger charge is -2.08. The van der Waals surface area contributed by atoms with Crippen molar-refractivity contribution in [1.82, 2.24) is 4.90 Å². The van der Waals surface area contributed by atoms with Gasteiger partial charge in [0.2, 0.25) is 0 Å². The highest BCUT2D eigenvalue weighted by Crippen LogP contribution is 2.36. The van der Waals surface area contributed by atoms with E-state index in [0.29, 0.717) is 11.4 Å². The van der Waals surface area contributed by atoms with E-state index in [4.69, 9.17) is 4.74 Å².